The molecule has 0 fully saturated rings. The van der Waals surface area contributed by atoms with E-state index in [9.17, 15) is 9.18 Å². The Labute approximate surface area is 155 Å². The van der Waals surface area contributed by atoms with Crippen LogP contribution in [0.25, 0.3) is 11.1 Å². The van der Waals surface area contributed by atoms with Crippen molar-refractivity contribution >= 4 is 22.9 Å². The first kappa shape index (κ1) is 16.8. The molecule has 0 saturated heterocycles. The minimum atomic E-state index is -0.271. The first-order chi connectivity index (χ1) is 12.7. The maximum absolute atomic E-state index is 13.2. The lowest BCUT2D eigenvalue weighted by Crippen LogP contribution is -2.22. The van der Waals surface area contributed by atoms with Crippen molar-refractivity contribution in [2.75, 3.05) is 11.9 Å². The molecule has 2 heterocycles. The van der Waals surface area contributed by atoms with Gasteiger partial charge in [0, 0.05) is 28.2 Å². The Morgan fingerprint density at radius 1 is 1.23 bits per heavy atom. The Hall–Kier alpha value is -2.66. The van der Waals surface area contributed by atoms with Gasteiger partial charge < -0.3 is 10.1 Å². The van der Waals surface area contributed by atoms with E-state index >= 15 is 0 Å². The van der Waals surface area contributed by atoms with Gasteiger partial charge in [0.25, 0.3) is 0 Å². The molecule has 132 valence electrons. The zero-order valence-corrected chi connectivity index (χ0v) is 15.1. The predicted molar refractivity (Wildman–Crippen MR) is 102 cm³/mol. The van der Waals surface area contributed by atoms with Crippen molar-refractivity contribution in [3.8, 4) is 16.9 Å². The predicted octanol–water partition coefficient (Wildman–Crippen LogP) is 5.43. The molecule has 1 aliphatic rings. The van der Waals surface area contributed by atoms with E-state index in [1.807, 2.05) is 36.6 Å². The van der Waals surface area contributed by atoms with E-state index in [1.165, 1.54) is 12.1 Å². The smallest absolute Gasteiger partial charge is 0.225 e. The van der Waals surface area contributed by atoms with Crippen LogP contribution >= 0.6 is 11.3 Å². The molecule has 3 nitrogen and oxygen atoms in total. The number of amides is 1. The third-order valence-electron chi connectivity index (χ3n) is 4.52. The van der Waals surface area contributed by atoms with Crippen molar-refractivity contribution < 1.29 is 13.9 Å². The van der Waals surface area contributed by atoms with Gasteiger partial charge in [0.1, 0.15) is 11.6 Å². The van der Waals surface area contributed by atoms with Gasteiger partial charge in [-0.3, -0.25) is 4.79 Å². The van der Waals surface area contributed by atoms with Gasteiger partial charge in [-0.1, -0.05) is 24.3 Å². The fraction of sp³-hybridized carbons (Fsp3) is 0.190. The molecule has 1 N–H and O–H groups in total. The molecule has 0 unspecified atom stereocenters. The van der Waals surface area contributed by atoms with Crippen LogP contribution < -0.4 is 10.1 Å². The number of nitrogens with one attached hydrogen (secondary N) is 1. The first-order valence-electron chi connectivity index (χ1n) is 8.55. The van der Waals surface area contributed by atoms with Crippen LogP contribution in [0.4, 0.5) is 10.1 Å². The Morgan fingerprint density at radius 3 is 2.81 bits per heavy atom. The highest BCUT2D eigenvalue weighted by Gasteiger charge is 2.30. The van der Waals surface area contributed by atoms with Crippen LogP contribution in [0.3, 0.4) is 0 Å². The van der Waals surface area contributed by atoms with Gasteiger partial charge >= 0.3 is 0 Å². The Bertz CT molecular complexity index is 949. The van der Waals surface area contributed by atoms with Crippen LogP contribution in [0.15, 0.2) is 53.9 Å². The fourth-order valence-electron chi connectivity index (χ4n) is 3.33. The summed E-state index contributed by atoms with van der Waals surface area (Å²) >= 11 is 1.63. The highest BCUT2D eigenvalue weighted by Crippen LogP contribution is 2.46. The number of carbonyl (C=O) groups excluding carboxylic acids is 1. The lowest BCUT2D eigenvalue weighted by Gasteiger charge is -2.24. The monoisotopic (exact) mass is 367 g/mol. The van der Waals surface area contributed by atoms with Gasteiger partial charge in [0.05, 0.1) is 12.3 Å². The van der Waals surface area contributed by atoms with Crippen LogP contribution in [0.5, 0.6) is 5.75 Å². The van der Waals surface area contributed by atoms with Crippen LogP contribution in [0.1, 0.15) is 29.7 Å². The molecule has 1 amide bonds. The number of anilines is 1. The van der Waals surface area contributed by atoms with Crippen molar-refractivity contribution in [1.29, 1.82) is 0 Å². The molecular weight excluding hydrogens is 349 g/mol. The Kier molecular flexibility index (Phi) is 4.47. The number of fused-ring (bicyclic) bond motifs is 1. The number of halogens is 1. The average Bonchev–Trinajstić information content (AvgIpc) is 3.06. The second kappa shape index (κ2) is 6.92. The van der Waals surface area contributed by atoms with Crippen molar-refractivity contribution in [1.82, 2.24) is 0 Å². The summed E-state index contributed by atoms with van der Waals surface area (Å²) < 4.78 is 18.8. The van der Waals surface area contributed by atoms with Crippen LogP contribution in [-0.2, 0) is 4.79 Å². The van der Waals surface area contributed by atoms with E-state index < -0.39 is 0 Å². The molecule has 26 heavy (non-hydrogen) atoms. The number of hydrogen-bond acceptors (Lipinski definition) is 3. The summed E-state index contributed by atoms with van der Waals surface area (Å²) in [6.45, 7) is 2.56. The zero-order chi connectivity index (χ0) is 18.1. The van der Waals surface area contributed by atoms with E-state index in [0.717, 1.165) is 33.0 Å². The van der Waals surface area contributed by atoms with Crippen LogP contribution in [-0.4, -0.2) is 12.5 Å². The fourth-order valence-corrected chi connectivity index (χ4v) is 4.49. The SMILES string of the molecule is CCOc1cccc([C@H]2CC(=O)Nc3c(-c4ccc(F)cc4)csc32)c1. The van der Waals surface area contributed by atoms with E-state index in [0.29, 0.717) is 13.0 Å². The third kappa shape index (κ3) is 3.10. The van der Waals surface area contributed by atoms with Crippen LogP contribution in [0, 0.1) is 5.82 Å². The van der Waals surface area contributed by atoms with Crippen molar-refractivity contribution in [3.63, 3.8) is 0 Å². The zero-order valence-electron chi connectivity index (χ0n) is 14.3. The van der Waals surface area contributed by atoms with Crippen LogP contribution in [0.2, 0.25) is 0 Å². The largest absolute Gasteiger partial charge is 0.494 e. The minimum absolute atomic E-state index is 0.00152. The average molecular weight is 367 g/mol. The molecule has 5 heteroatoms. The summed E-state index contributed by atoms with van der Waals surface area (Å²) in [5.74, 6) is 0.532. The summed E-state index contributed by atoms with van der Waals surface area (Å²) in [6, 6.07) is 14.3. The maximum Gasteiger partial charge on any atom is 0.225 e. The number of hydrogen-bond donors (Lipinski definition) is 1. The Morgan fingerprint density at radius 2 is 2.04 bits per heavy atom. The molecule has 0 saturated carbocycles. The van der Waals surface area contributed by atoms with Gasteiger partial charge in [-0.15, -0.1) is 11.3 Å². The molecule has 2 aromatic carbocycles. The quantitative estimate of drug-likeness (QED) is 0.668. The van der Waals surface area contributed by atoms with E-state index in [1.54, 1.807) is 23.5 Å². The molecule has 0 bridgehead atoms. The van der Waals surface area contributed by atoms with Gasteiger partial charge in [-0.05, 0) is 42.3 Å². The summed E-state index contributed by atoms with van der Waals surface area (Å²) in [5.41, 5.74) is 3.74. The van der Waals surface area contributed by atoms with Crippen molar-refractivity contribution in [2.45, 2.75) is 19.3 Å². The second-order valence-corrected chi connectivity index (χ2v) is 7.12. The molecule has 1 aliphatic heterocycles. The molecule has 1 atom stereocenters. The minimum Gasteiger partial charge on any atom is -0.494 e. The van der Waals surface area contributed by atoms with E-state index in [4.69, 9.17) is 4.74 Å². The first-order valence-corrected chi connectivity index (χ1v) is 9.43. The number of benzene rings is 2. The lowest BCUT2D eigenvalue weighted by atomic mass is 9.89. The number of thiophene rings is 1. The topological polar surface area (TPSA) is 38.3 Å². The van der Waals surface area contributed by atoms with Crippen molar-refractivity contribution in [3.05, 3.63) is 70.2 Å². The number of rotatable bonds is 4. The molecule has 3 aromatic rings. The van der Waals surface area contributed by atoms with E-state index in [2.05, 4.69) is 5.32 Å². The number of carbonyl (C=O) groups is 1. The van der Waals surface area contributed by atoms with Gasteiger partial charge in [0.15, 0.2) is 0 Å². The standard InChI is InChI=1S/C21H18FNO2S/c1-2-25-16-5-3-4-14(10-16)17-11-19(24)23-20-18(12-26-21(17)20)13-6-8-15(22)9-7-13/h3-10,12,17H,2,11H2,1H3,(H,23,24)/t17-/m1/s1. The molecule has 0 aliphatic carbocycles. The maximum atomic E-state index is 13.2. The Balaban J connectivity index is 1.76. The number of ether oxygens (including phenoxy) is 1. The molecule has 1 aromatic heterocycles. The van der Waals surface area contributed by atoms with E-state index in [-0.39, 0.29) is 17.6 Å². The summed E-state index contributed by atoms with van der Waals surface area (Å²) in [4.78, 5) is 13.5. The van der Waals surface area contributed by atoms with Gasteiger partial charge in [0.2, 0.25) is 5.91 Å². The van der Waals surface area contributed by atoms with Gasteiger partial charge in [-0.25, -0.2) is 4.39 Å². The molecule has 0 spiro atoms. The third-order valence-corrected chi connectivity index (χ3v) is 5.61. The molecule has 0 radical (unpaired) electrons. The lowest BCUT2D eigenvalue weighted by molar-refractivity contribution is -0.116. The van der Waals surface area contributed by atoms with Gasteiger partial charge in [-0.2, -0.15) is 0 Å². The summed E-state index contributed by atoms with van der Waals surface area (Å²) in [7, 11) is 0. The highest BCUT2D eigenvalue weighted by molar-refractivity contribution is 7.11. The normalized spacial score (nSPS) is 16.1. The summed E-state index contributed by atoms with van der Waals surface area (Å²) in [6.07, 6.45) is 0.409. The summed E-state index contributed by atoms with van der Waals surface area (Å²) in [5, 5.41) is 5.04. The molecular formula is C21H18FNO2S. The molecule has 4 rings (SSSR count). The highest BCUT2D eigenvalue weighted by atomic mass is 32.1. The van der Waals surface area contributed by atoms with Crippen molar-refractivity contribution in [2.24, 2.45) is 0 Å². The second-order valence-electron chi connectivity index (χ2n) is 6.21.